The van der Waals surface area contributed by atoms with Gasteiger partial charge in [-0.3, -0.25) is 9.59 Å². The van der Waals surface area contributed by atoms with Crippen molar-refractivity contribution in [3.63, 3.8) is 0 Å². The Morgan fingerprint density at radius 1 is 1.00 bits per heavy atom. The van der Waals surface area contributed by atoms with Gasteiger partial charge in [-0.05, 0) is 48.7 Å². The van der Waals surface area contributed by atoms with Gasteiger partial charge in [-0.25, -0.2) is 4.79 Å². The van der Waals surface area contributed by atoms with Crippen LogP contribution in [0.25, 0.3) is 11.0 Å². The molecule has 1 aliphatic heterocycles. The third-order valence-corrected chi connectivity index (χ3v) is 6.25. The van der Waals surface area contributed by atoms with Crippen LogP contribution < -0.4 is 5.43 Å². The summed E-state index contributed by atoms with van der Waals surface area (Å²) in [5, 5.41) is 0.452. The molecule has 6 heteroatoms. The first-order valence-electron chi connectivity index (χ1n) is 11.1. The van der Waals surface area contributed by atoms with E-state index in [2.05, 4.69) is 0 Å². The Morgan fingerprint density at radius 3 is 2.44 bits per heavy atom. The van der Waals surface area contributed by atoms with Gasteiger partial charge in [0.15, 0.2) is 5.43 Å². The second-order valence-electron chi connectivity index (χ2n) is 8.42. The molecule has 1 aliphatic rings. The number of hydrogen-bond donors (Lipinski definition) is 0. The minimum absolute atomic E-state index is 0.0801. The van der Waals surface area contributed by atoms with Gasteiger partial charge in [0.05, 0.1) is 29.7 Å². The highest BCUT2D eigenvalue weighted by atomic mass is 16.5. The van der Waals surface area contributed by atoms with E-state index in [1.165, 1.54) is 7.11 Å². The summed E-state index contributed by atoms with van der Waals surface area (Å²) in [4.78, 5) is 40.7. The molecule has 0 spiro atoms. The number of nitrogens with zero attached hydrogens (tertiary/aromatic N) is 1. The van der Waals surface area contributed by atoms with Crippen molar-refractivity contribution in [1.82, 2.24) is 4.90 Å². The quantitative estimate of drug-likeness (QED) is 0.410. The van der Waals surface area contributed by atoms with Gasteiger partial charge in [0.25, 0.3) is 5.91 Å². The minimum atomic E-state index is -0.612. The molecule has 1 aromatic heterocycles. The SMILES string of the molecule is COC(=O)c1ccc([C@@H]2c3c(oc4ccc(C)cc4c3=O)C(=O)N2CCc2ccccc2)cc1. The molecule has 34 heavy (non-hydrogen) atoms. The second kappa shape index (κ2) is 8.63. The lowest BCUT2D eigenvalue weighted by molar-refractivity contribution is 0.0600. The maximum absolute atomic E-state index is 13.6. The largest absolute Gasteiger partial charge is 0.465 e. The first-order valence-corrected chi connectivity index (χ1v) is 11.1. The summed E-state index contributed by atoms with van der Waals surface area (Å²) in [5.74, 6) is -0.680. The van der Waals surface area contributed by atoms with Gasteiger partial charge in [-0.15, -0.1) is 0 Å². The van der Waals surface area contributed by atoms with E-state index >= 15 is 0 Å². The van der Waals surface area contributed by atoms with E-state index in [-0.39, 0.29) is 17.1 Å². The summed E-state index contributed by atoms with van der Waals surface area (Å²) in [7, 11) is 1.33. The van der Waals surface area contributed by atoms with Crippen LogP contribution in [0.4, 0.5) is 0 Å². The molecule has 1 atom stereocenters. The van der Waals surface area contributed by atoms with Crippen LogP contribution in [0.3, 0.4) is 0 Å². The maximum Gasteiger partial charge on any atom is 0.337 e. The summed E-state index contributed by atoms with van der Waals surface area (Å²) in [6.07, 6.45) is 0.629. The minimum Gasteiger partial charge on any atom is -0.465 e. The number of carbonyl (C=O) groups excluding carboxylic acids is 2. The molecule has 0 N–H and O–H groups in total. The molecule has 5 rings (SSSR count). The molecule has 1 amide bonds. The number of benzene rings is 3. The van der Waals surface area contributed by atoms with Gasteiger partial charge in [-0.1, -0.05) is 54.1 Å². The molecule has 170 valence electrons. The highest BCUT2D eigenvalue weighted by Crippen LogP contribution is 2.38. The van der Waals surface area contributed by atoms with Gasteiger partial charge in [0.1, 0.15) is 5.58 Å². The van der Waals surface area contributed by atoms with Gasteiger partial charge in [-0.2, -0.15) is 0 Å². The first-order chi connectivity index (χ1) is 16.5. The van der Waals surface area contributed by atoms with E-state index in [1.54, 1.807) is 41.3 Å². The first kappa shape index (κ1) is 21.6. The Morgan fingerprint density at radius 2 is 1.74 bits per heavy atom. The van der Waals surface area contributed by atoms with Crippen molar-refractivity contribution in [2.75, 3.05) is 13.7 Å². The summed E-state index contributed by atoms with van der Waals surface area (Å²) in [5.41, 5.74) is 3.67. The lowest BCUT2D eigenvalue weighted by Crippen LogP contribution is -2.31. The number of methoxy groups -OCH3 is 1. The average Bonchev–Trinajstić information content (AvgIpc) is 3.15. The summed E-state index contributed by atoms with van der Waals surface area (Å²) < 4.78 is 10.8. The fourth-order valence-electron chi connectivity index (χ4n) is 4.52. The van der Waals surface area contributed by atoms with E-state index in [1.807, 2.05) is 43.3 Å². The van der Waals surface area contributed by atoms with E-state index in [9.17, 15) is 14.4 Å². The number of esters is 1. The number of aryl methyl sites for hydroxylation is 1. The second-order valence-corrected chi connectivity index (χ2v) is 8.42. The van der Waals surface area contributed by atoms with Crippen molar-refractivity contribution >= 4 is 22.8 Å². The van der Waals surface area contributed by atoms with E-state index < -0.39 is 12.0 Å². The summed E-state index contributed by atoms with van der Waals surface area (Å²) in [6.45, 7) is 2.32. The Bertz CT molecular complexity index is 1450. The molecule has 0 aliphatic carbocycles. The molecule has 0 unspecified atom stereocenters. The molecule has 6 nitrogen and oxygen atoms in total. The monoisotopic (exact) mass is 453 g/mol. The van der Waals surface area contributed by atoms with Crippen molar-refractivity contribution in [3.05, 3.63) is 117 Å². The topological polar surface area (TPSA) is 76.8 Å². The van der Waals surface area contributed by atoms with Crippen LogP contribution >= 0.6 is 0 Å². The van der Waals surface area contributed by atoms with Crippen molar-refractivity contribution in [1.29, 1.82) is 0 Å². The fourth-order valence-corrected chi connectivity index (χ4v) is 4.52. The summed E-state index contributed by atoms with van der Waals surface area (Å²) in [6, 6.07) is 21.4. The van der Waals surface area contributed by atoms with Crippen LogP contribution in [0.5, 0.6) is 0 Å². The molecule has 0 saturated carbocycles. The van der Waals surface area contributed by atoms with Crippen LogP contribution in [-0.4, -0.2) is 30.4 Å². The lowest BCUT2D eigenvalue weighted by atomic mass is 9.97. The summed E-state index contributed by atoms with van der Waals surface area (Å²) >= 11 is 0. The maximum atomic E-state index is 13.6. The Kier molecular flexibility index (Phi) is 5.49. The van der Waals surface area contributed by atoms with Crippen LogP contribution in [0.15, 0.2) is 82.0 Å². The predicted molar refractivity (Wildman–Crippen MR) is 128 cm³/mol. The third-order valence-electron chi connectivity index (χ3n) is 6.25. The molecule has 3 aromatic carbocycles. The Balaban J connectivity index is 1.63. The standard InChI is InChI=1S/C28H23NO5/c1-17-8-13-22-21(16-17)25(30)23-24(19-9-11-20(12-10-19)28(32)33-2)29(27(31)26(23)34-22)15-14-18-6-4-3-5-7-18/h3-13,16,24H,14-15H2,1-2H3/t24-/m1/s1. The number of fused-ring (bicyclic) bond motifs is 2. The number of hydrogen-bond acceptors (Lipinski definition) is 5. The number of ether oxygens (including phenoxy) is 1. The number of carbonyl (C=O) groups is 2. The van der Waals surface area contributed by atoms with Crippen molar-refractivity contribution in [3.8, 4) is 0 Å². The average molecular weight is 453 g/mol. The molecular formula is C28H23NO5. The fraction of sp³-hybridized carbons (Fsp3) is 0.179. The van der Waals surface area contributed by atoms with Crippen LogP contribution in [-0.2, 0) is 11.2 Å². The highest BCUT2D eigenvalue weighted by molar-refractivity contribution is 5.99. The Labute approximate surface area is 196 Å². The molecule has 0 saturated heterocycles. The smallest absolute Gasteiger partial charge is 0.337 e. The third kappa shape index (κ3) is 3.67. The zero-order valence-corrected chi connectivity index (χ0v) is 18.9. The predicted octanol–water partition coefficient (Wildman–Crippen LogP) is 4.68. The van der Waals surface area contributed by atoms with Gasteiger partial charge in [0.2, 0.25) is 5.76 Å². The number of rotatable bonds is 5. The van der Waals surface area contributed by atoms with E-state index in [4.69, 9.17) is 9.15 Å². The molecule has 4 aromatic rings. The molecule has 0 radical (unpaired) electrons. The normalized spacial score (nSPS) is 14.9. The molecule has 0 bridgehead atoms. The van der Waals surface area contributed by atoms with Crippen LogP contribution in [0.2, 0.25) is 0 Å². The van der Waals surface area contributed by atoms with Gasteiger partial charge in [0, 0.05) is 6.54 Å². The molecule has 2 heterocycles. The zero-order chi connectivity index (χ0) is 23.8. The van der Waals surface area contributed by atoms with Crippen molar-refractivity contribution in [2.45, 2.75) is 19.4 Å². The Hall–Kier alpha value is -4.19. The van der Waals surface area contributed by atoms with Crippen molar-refractivity contribution < 1.29 is 18.7 Å². The van der Waals surface area contributed by atoms with Crippen LogP contribution in [0, 0.1) is 6.92 Å². The zero-order valence-electron chi connectivity index (χ0n) is 18.9. The van der Waals surface area contributed by atoms with Gasteiger partial charge < -0.3 is 14.1 Å². The van der Waals surface area contributed by atoms with Gasteiger partial charge >= 0.3 is 5.97 Å². The highest BCUT2D eigenvalue weighted by Gasteiger charge is 2.42. The number of amides is 1. The van der Waals surface area contributed by atoms with E-state index in [0.717, 1.165) is 16.7 Å². The molecular weight excluding hydrogens is 430 g/mol. The molecule has 0 fully saturated rings. The lowest BCUT2D eigenvalue weighted by Gasteiger charge is -2.25. The van der Waals surface area contributed by atoms with Crippen molar-refractivity contribution in [2.24, 2.45) is 0 Å². The van der Waals surface area contributed by atoms with Crippen LogP contribution in [0.1, 0.15) is 49.2 Å². The van der Waals surface area contributed by atoms with E-state index in [0.29, 0.717) is 35.1 Å².